The van der Waals surface area contributed by atoms with Crippen LogP contribution in [0.1, 0.15) is 60.4 Å². The number of benzene rings is 2. The number of ether oxygens (including phenoxy) is 1. The first-order valence-electron chi connectivity index (χ1n) is 11.8. The van der Waals surface area contributed by atoms with Gasteiger partial charge in [-0.25, -0.2) is 27.1 Å². The number of nitrogens with zero attached hydrogens (tertiary/aromatic N) is 2. The lowest BCUT2D eigenvalue weighted by atomic mass is 9.62. The van der Waals surface area contributed by atoms with Crippen LogP contribution in [0.25, 0.3) is 0 Å². The maximum absolute atomic E-state index is 15.5. The lowest BCUT2D eigenvalue weighted by Gasteiger charge is -2.44. The Morgan fingerprint density at radius 1 is 1.17 bits per heavy atom. The zero-order valence-corrected chi connectivity index (χ0v) is 20.7. The standard InChI is InChI=1S/C25H27F2N3O5S/c1-15-8-9-22(16-6-4-3-5-7-16)36(32,33)30(15)14-17-10-21(27)19(11-20(17)26)25(12-18(13-25)34-2)23-28-29-24(31)35-23/h3-7,10-11,15,18,22H,8-9,12-14H2,1-2H3,(H,29,31)/t15-,18-,22+,25-/m0/s1. The van der Waals surface area contributed by atoms with Gasteiger partial charge in [0, 0.05) is 30.8 Å². The minimum atomic E-state index is -3.81. The predicted molar refractivity (Wildman–Crippen MR) is 127 cm³/mol. The lowest BCUT2D eigenvalue weighted by Crippen LogP contribution is -2.47. The van der Waals surface area contributed by atoms with E-state index in [0.717, 1.165) is 12.1 Å². The van der Waals surface area contributed by atoms with Crippen LogP contribution in [-0.4, -0.2) is 42.2 Å². The van der Waals surface area contributed by atoms with E-state index < -0.39 is 38.1 Å². The Morgan fingerprint density at radius 3 is 2.53 bits per heavy atom. The molecule has 2 fully saturated rings. The van der Waals surface area contributed by atoms with Crippen molar-refractivity contribution in [2.24, 2.45) is 0 Å². The van der Waals surface area contributed by atoms with E-state index in [1.54, 1.807) is 31.2 Å². The lowest BCUT2D eigenvalue weighted by molar-refractivity contribution is -0.0138. The highest BCUT2D eigenvalue weighted by Crippen LogP contribution is 2.50. The van der Waals surface area contributed by atoms with Gasteiger partial charge in [0.25, 0.3) is 0 Å². The van der Waals surface area contributed by atoms with Crippen LogP contribution in [0.2, 0.25) is 0 Å². The summed E-state index contributed by atoms with van der Waals surface area (Å²) in [5, 5.41) is 5.30. The van der Waals surface area contributed by atoms with E-state index >= 15 is 8.78 Å². The summed E-state index contributed by atoms with van der Waals surface area (Å²) in [6.45, 7) is 1.48. The third-order valence-corrected chi connectivity index (χ3v) is 9.88. The Morgan fingerprint density at radius 2 is 1.89 bits per heavy atom. The van der Waals surface area contributed by atoms with Gasteiger partial charge in [-0.15, -0.1) is 5.10 Å². The van der Waals surface area contributed by atoms with Crippen LogP contribution >= 0.6 is 0 Å². The molecule has 2 aliphatic rings. The summed E-state index contributed by atoms with van der Waals surface area (Å²) in [6, 6.07) is 10.6. The molecule has 1 aliphatic carbocycles. The summed E-state index contributed by atoms with van der Waals surface area (Å²) in [6.07, 6.45) is 1.33. The molecular weight excluding hydrogens is 492 g/mol. The van der Waals surface area contributed by atoms with Crippen molar-refractivity contribution in [3.8, 4) is 0 Å². The highest BCUT2D eigenvalue weighted by molar-refractivity contribution is 7.89. The summed E-state index contributed by atoms with van der Waals surface area (Å²) >= 11 is 0. The van der Waals surface area contributed by atoms with E-state index in [2.05, 4.69) is 10.2 Å². The van der Waals surface area contributed by atoms with Crippen molar-refractivity contribution in [1.82, 2.24) is 14.5 Å². The number of nitrogens with one attached hydrogen (secondary N) is 1. The monoisotopic (exact) mass is 519 g/mol. The number of sulfonamides is 1. The van der Waals surface area contributed by atoms with Gasteiger partial charge in [-0.05, 0) is 50.3 Å². The van der Waals surface area contributed by atoms with Gasteiger partial charge in [0.1, 0.15) is 16.9 Å². The van der Waals surface area contributed by atoms with Crippen molar-refractivity contribution < 1.29 is 26.4 Å². The molecule has 5 rings (SSSR count). The number of rotatable bonds is 6. The van der Waals surface area contributed by atoms with Crippen LogP contribution in [0.15, 0.2) is 51.7 Å². The summed E-state index contributed by atoms with van der Waals surface area (Å²) in [7, 11) is -2.30. The molecule has 3 aromatic rings. The number of aromatic amines is 1. The summed E-state index contributed by atoms with van der Waals surface area (Å²) in [5.74, 6) is -2.30. The minimum Gasteiger partial charge on any atom is -0.391 e. The average molecular weight is 520 g/mol. The maximum Gasteiger partial charge on any atom is 0.434 e. The van der Waals surface area contributed by atoms with Gasteiger partial charge in [-0.2, -0.15) is 4.31 Å². The number of aromatic nitrogens is 2. The summed E-state index contributed by atoms with van der Waals surface area (Å²) in [5.41, 5.74) is -0.561. The van der Waals surface area contributed by atoms with Gasteiger partial charge in [-0.3, -0.25) is 0 Å². The molecule has 1 aliphatic heterocycles. The molecule has 11 heteroatoms. The van der Waals surface area contributed by atoms with Crippen LogP contribution in [0.5, 0.6) is 0 Å². The smallest absolute Gasteiger partial charge is 0.391 e. The highest BCUT2D eigenvalue weighted by Gasteiger charge is 2.53. The Kier molecular flexibility index (Phi) is 6.34. The van der Waals surface area contributed by atoms with E-state index in [9.17, 15) is 13.2 Å². The molecule has 0 unspecified atom stereocenters. The van der Waals surface area contributed by atoms with Crippen LogP contribution in [-0.2, 0) is 26.7 Å². The first-order chi connectivity index (χ1) is 17.2. The normalized spacial score (nSPS) is 28.1. The molecule has 1 saturated carbocycles. The predicted octanol–water partition coefficient (Wildman–Crippen LogP) is 3.79. The Hall–Kier alpha value is -2.89. The molecule has 192 valence electrons. The second-order valence-electron chi connectivity index (χ2n) is 9.61. The first-order valence-corrected chi connectivity index (χ1v) is 13.3. The fraction of sp³-hybridized carbons (Fsp3) is 0.440. The van der Waals surface area contributed by atoms with Crippen molar-refractivity contribution in [1.29, 1.82) is 0 Å². The van der Waals surface area contributed by atoms with Gasteiger partial charge in [0.05, 0.1) is 11.5 Å². The summed E-state index contributed by atoms with van der Waals surface area (Å²) < 4.78 is 69.7. The third kappa shape index (κ3) is 4.08. The second kappa shape index (κ2) is 9.20. The Balaban J connectivity index is 1.48. The quantitative estimate of drug-likeness (QED) is 0.531. The Bertz CT molecular complexity index is 1420. The number of methoxy groups -OCH3 is 1. The zero-order valence-electron chi connectivity index (χ0n) is 19.9. The molecule has 8 nitrogen and oxygen atoms in total. The highest BCUT2D eigenvalue weighted by atomic mass is 32.2. The zero-order chi connectivity index (χ0) is 25.7. The molecule has 1 N–H and O–H groups in total. The van der Waals surface area contributed by atoms with E-state index in [4.69, 9.17) is 9.15 Å². The average Bonchev–Trinajstić information content (AvgIpc) is 3.25. The van der Waals surface area contributed by atoms with Gasteiger partial charge in [0.15, 0.2) is 0 Å². The van der Waals surface area contributed by atoms with Crippen LogP contribution in [0.3, 0.4) is 0 Å². The molecule has 36 heavy (non-hydrogen) atoms. The van der Waals surface area contributed by atoms with E-state index in [1.165, 1.54) is 11.4 Å². The molecule has 0 radical (unpaired) electrons. The van der Waals surface area contributed by atoms with E-state index in [-0.39, 0.29) is 48.5 Å². The molecule has 0 spiro atoms. The minimum absolute atomic E-state index is 0.0102. The molecule has 1 aromatic heterocycles. The van der Waals surface area contributed by atoms with Crippen molar-refractivity contribution in [2.45, 2.75) is 62.0 Å². The van der Waals surface area contributed by atoms with Crippen molar-refractivity contribution in [3.63, 3.8) is 0 Å². The second-order valence-corrected chi connectivity index (χ2v) is 11.7. The molecular formula is C25H27F2N3O5S. The number of hydrogen-bond acceptors (Lipinski definition) is 6. The van der Waals surface area contributed by atoms with E-state index in [0.29, 0.717) is 18.4 Å². The van der Waals surface area contributed by atoms with Crippen LogP contribution in [0, 0.1) is 11.6 Å². The van der Waals surface area contributed by atoms with Gasteiger partial charge in [0.2, 0.25) is 15.9 Å². The van der Waals surface area contributed by atoms with Gasteiger partial charge >= 0.3 is 5.76 Å². The van der Waals surface area contributed by atoms with Crippen LogP contribution < -0.4 is 5.76 Å². The molecule has 2 heterocycles. The first kappa shape index (κ1) is 24.8. The molecule has 1 saturated heterocycles. The number of halogens is 2. The topological polar surface area (TPSA) is 106 Å². The van der Waals surface area contributed by atoms with Crippen molar-refractivity contribution >= 4 is 10.0 Å². The summed E-state index contributed by atoms with van der Waals surface area (Å²) in [4.78, 5) is 11.6. The fourth-order valence-corrected chi connectivity index (χ4v) is 7.61. The molecule has 0 bridgehead atoms. The SMILES string of the molecule is CO[C@H]1C[C@@](c2n[nH]c(=O)o2)(c2cc(F)c(CN3[C@@H](C)CC[C@H](c4ccccc4)S3(=O)=O)cc2F)C1. The van der Waals surface area contributed by atoms with Crippen molar-refractivity contribution in [2.75, 3.05) is 7.11 Å². The Labute approximate surface area is 207 Å². The number of H-pyrrole nitrogens is 1. The van der Waals surface area contributed by atoms with E-state index in [1.807, 2.05) is 6.07 Å². The van der Waals surface area contributed by atoms with Crippen LogP contribution in [0.4, 0.5) is 8.78 Å². The van der Waals surface area contributed by atoms with Gasteiger partial charge < -0.3 is 9.15 Å². The molecule has 2 aromatic carbocycles. The number of hydrogen-bond donors (Lipinski definition) is 1. The van der Waals surface area contributed by atoms with Gasteiger partial charge in [-0.1, -0.05) is 30.3 Å². The molecule has 0 amide bonds. The largest absolute Gasteiger partial charge is 0.434 e. The fourth-order valence-electron chi connectivity index (χ4n) is 5.42. The molecule has 2 atom stereocenters. The van der Waals surface area contributed by atoms with Crippen molar-refractivity contribution in [3.05, 3.63) is 87.2 Å². The third-order valence-electron chi connectivity index (χ3n) is 7.51. The maximum atomic E-state index is 15.5.